The number of nitrogens with one attached hydrogen (secondary N) is 1. The number of likely N-dealkylation sites (tertiary alicyclic amines) is 1. The summed E-state index contributed by atoms with van der Waals surface area (Å²) in [4.78, 5) is 11.0. The van der Waals surface area contributed by atoms with Crippen molar-refractivity contribution in [1.82, 2.24) is 14.9 Å². The van der Waals surface area contributed by atoms with Gasteiger partial charge >= 0.3 is 0 Å². The molecule has 0 radical (unpaired) electrons. The number of hydrogen-bond donors (Lipinski definition) is 1. The molecule has 0 aliphatic carbocycles. The molecule has 1 saturated heterocycles. The molecule has 0 aromatic carbocycles. The molecule has 0 saturated carbocycles. The van der Waals surface area contributed by atoms with Crippen molar-refractivity contribution >= 4 is 5.95 Å². The van der Waals surface area contributed by atoms with Crippen LogP contribution in [0.15, 0.2) is 12.3 Å². The van der Waals surface area contributed by atoms with Gasteiger partial charge in [0.15, 0.2) is 0 Å². The maximum atomic E-state index is 5.07. The largest absolute Gasteiger partial charge is 0.481 e. The van der Waals surface area contributed by atoms with Crippen LogP contribution in [0, 0.1) is 0 Å². The van der Waals surface area contributed by atoms with Gasteiger partial charge in [0.05, 0.1) is 7.11 Å². The quantitative estimate of drug-likeness (QED) is 0.798. The zero-order chi connectivity index (χ0) is 13.5. The van der Waals surface area contributed by atoms with E-state index in [1.54, 1.807) is 19.4 Å². The SMILES string of the molecule is COc1ccnc(NCCCN2CCCCC2C)n1. The lowest BCUT2D eigenvalue weighted by Crippen LogP contribution is -2.38. The maximum Gasteiger partial charge on any atom is 0.225 e. The molecule has 5 heteroatoms. The van der Waals surface area contributed by atoms with E-state index in [2.05, 4.69) is 27.1 Å². The van der Waals surface area contributed by atoms with E-state index in [0.717, 1.165) is 25.6 Å². The minimum Gasteiger partial charge on any atom is -0.481 e. The second kappa shape index (κ2) is 7.28. The fourth-order valence-corrected chi connectivity index (χ4v) is 2.51. The zero-order valence-corrected chi connectivity index (χ0v) is 11.9. The Morgan fingerprint density at radius 3 is 3.16 bits per heavy atom. The highest BCUT2D eigenvalue weighted by molar-refractivity contribution is 5.27. The van der Waals surface area contributed by atoms with Gasteiger partial charge < -0.3 is 15.0 Å². The number of hydrogen-bond acceptors (Lipinski definition) is 5. The van der Waals surface area contributed by atoms with Crippen molar-refractivity contribution < 1.29 is 4.74 Å². The second-order valence-corrected chi connectivity index (χ2v) is 5.08. The first-order chi connectivity index (χ1) is 9.29. The highest BCUT2D eigenvalue weighted by atomic mass is 16.5. The Labute approximate surface area is 115 Å². The van der Waals surface area contributed by atoms with Gasteiger partial charge in [0.2, 0.25) is 11.8 Å². The zero-order valence-electron chi connectivity index (χ0n) is 11.9. The molecule has 0 bridgehead atoms. The van der Waals surface area contributed by atoms with E-state index in [9.17, 15) is 0 Å². The third kappa shape index (κ3) is 4.35. The van der Waals surface area contributed by atoms with Crippen LogP contribution < -0.4 is 10.1 Å². The molecular weight excluding hydrogens is 240 g/mol. The lowest BCUT2D eigenvalue weighted by Gasteiger charge is -2.33. The first kappa shape index (κ1) is 14.1. The number of aromatic nitrogens is 2. The number of anilines is 1. The summed E-state index contributed by atoms with van der Waals surface area (Å²) in [5.74, 6) is 1.24. The first-order valence-corrected chi connectivity index (χ1v) is 7.14. The maximum absolute atomic E-state index is 5.07. The second-order valence-electron chi connectivity index (χ2n) is 5.08. The predicted molar refractivity (Wildman–Crippen MR) is 76.6 cm³/mol. The van der Waals surface area contributed by atoms with Gasteiger partial charge in [-0.15, -0.1) is 0 Å². The molecule has 106 valence electrons. The molecule has 1 unspecified atom stereocenters. The van der Waals surface area contributed by atoms with Gasteiger partial charge in [-0.3, -0.25) is 0 Å². The van der Waals surface area contributed by atoms with Crippen molar-refractivity contribution in [3.63, 3.8) is 0 Å². The van der Waals surface area contributed by atoms with E-state index in [0.29, 0.717) is 11.8 Å². The van der Waals surface area contributed by atoms with Crippen molar-refractivity contribution in [1.29, 1.82) is 0 Å². The molecule has 1 aromatic rings. The molecule has 0 amide bonds. The molecule has 1 fully saturated rings. The van der Waals surface area contributed by atoms with Gasteiger partial charge in [-0.2, -0.15) is 4.98 Å². The van der Waals surface area contributed by atoms with E-state index < -0.39 is 0 Å². The fourth-order valence-electron chi connectivity index (χ4n) is 2.51. The van der Waals surface area contributed by atoms with Crippen LogP contribution in [0.5, 0.6) is 5.88 Å². The van der Waals surface area contributed by atoms with Crippen LogP contribution in [-0.2, 0) is 0 Å². The Kier molecular flexibility index (Phi) is 5.39. The topological polar surface area (TPSA) is 50.3 Å². The average Bonchev–Trinajstić information content (AvgIpc) is 2.45. The number of piperidine rings is 1. The Morgan fingerprint density at radius 1 is 1.47 bits per heavy atom. The molecule has 0 spiro atoms. The van der Waals surface area contributed by atoms with E-state index >= 15 is 0 Å². The smallest absolute Gasteiger partial charge is 0.225 e. The Bertz CT molecular complexity index is 385. The van der Waals surface area contributed by atoms with Crippen LogP contribution in [-0.4, -0.2) is 47.7 Å². The molecule has 1 N–H and O–H groups in total. The monoisotopic (exact) mass is 264 g/mol. The number of methoxy groups -OCH3 is 1. The van der Waals surface area contributed by atoms with Crippen LogP contribution in [0.1, 0.15) is 32.6 Å². The van der Waals surface area contributed by atoms with Gasteiger partial charge in [-0.05, 0) is 32.7 Å². The third-order valence-corrected chi connectivity index (χ3v) is 3.68. The minimum atomic E-state index is 0.599. The molecule has 2 rings (SSSR count). The van der Waals surface area contributed by atoms with Crippen LogP contribution in [0.3, 0.4) is 0 Å². The molecule has 2 heterocycles. The summed E-state index contributed by atoms with van der Waals surface area (Å²) in [6.07, 6.45) is 6.89. The lowest BCUT2D eigenvalue weighted by molar-refractivity contribution is 0.160. The van der Waals surface area contributed by atoms with Crippen molar-refractivity contribution in [3.8, 4) is 5.88 Å². The normalized spacial score (nSPS) is 20.2. The molecule has 5 nitrogen and oxygen atoms in total. The Morgan fingerprint density at radius 2 is 2.37 bits per heavy atom. The van der Waals surface area contributed by atoms with Crippen LogP contribution in [0.2, 0.25) is 0 Å². The van der Waals surface area contributed by atoms with E-state index in [4.69, 9.17) is 4.74 Å². The molecule has 1 atom stereocenters. The van der Waals surface area contributed by atoms with Gasteiger partial charge in [0.25, 0.3) is 0 Å². The fraction of sp³-hybridized carbons (Fsp3) is 0.714. The highest BCUT2D eigenvalue weighted by Gasteiger charge is 2.16. The Balaban J connectivity index is 1.68. The Hall–Kier alpha value is -1.36. The summed E-state index contributed by atoms with van der Waals surface area (Å²) in [5, 5.41) is 3.24. The minimum absolute atomic E-state index is 0.599. The van der Waals surface area contributed by atoms with E-state index in [-0.39, 0.29) is 0 Å². The third-order valence-electron chi connectivity index (χ3n) is 3.68. The standard InChI is InChI=1S/C14H24N4O/c1-12-6-3-4-10-18(12)11-5-8-15-14-16-9-7-13(17-14)19-2/h7,9,12H,3-6,8,10-11H2,1-2H3,(H,15,16,17). The number of nitrogens with zero attached hydrogens (tertiary/aromatic N) is 3. The molecule has 19 heavy (non-hydrogen) atoms. The van der Waals surface area contributed by atoms with Crippen molar-refractivity contribution in [2.45, 2.75) is 38.6 Å². The van der Waals surface area contributed by atoms with Crippen LogP contribution >= 0.6 is 0 Å². The molecule has 1 aliphatic rings. The van der Waals surface area contributed by atoms with Crippen molar-refractivity contribution in [2.24, 2.45) is 0 Å². The number of rotatable bonds is 6. The van der Waals surface area contributed by atoms with Crippen molar-refractivity contribution in [3.05, 3.63) is 12.3 Å². The molecular formula is C14H24N4O. The van der Waals surface area contributed by atoms with Gasteiger partial charge in [-0.1, -0.05) is 6.42 Å². The van der Waals surface area contributed by atoms with Crippen LogP contribution in [0.4, 0.5) is 5.95 Å². The summed E-state index contributed by atoms with van der Waals surface area (Å²) >= 11 is 0. The van der Waals surface area contributed by atoms with Gasteiger partial charge in [-0.25, -0.2) is 4.98 Å². The summed E-state index contributed by atoms with van der Waals surface area (Å²) in [6.45, 7) is 5.63. The molecule has 1 aliphatic heterocycles. The average molecular weight is 264 g/mol. The van der Waals surface area contributed by atoms with Gasteiger partial charge in [0.1, 0.15) is 0 Å². The van der Waals surface area contributed by atoms with Gasteiger partial charge in [0, 0.05) is 31.4 Å². The first-order valence-electron chi connectivity index (χ1n) is 7.14. The van der Waals surface area contributed by atoms with E-state index in [1.165, 1.54) is 25.8 Å². The highest BCUT2D eigenvalue weighted by Crippen LogP contribution is 2.16. The van der Waals surface area contributed by atoms with Crippen LogP contribution in [0.25, 0.3) is 0 Å². The summed E-state index contributed by atoms with van der Waals surface area (Å²) < 4.78 is 5.07. The molecule has 1 aromatic heterocycles. The van der Waals surface area contributed by atoms with E-state index in [1.807, 2.05) is 0 Å². The van der Waals surface area contributed by atoms with Crippen molar-refractivity contribution in [2.75, 3.05) is 32.1 Å². The summed E-state index contributed by atoms with van der Waals surface area (Å²) in [5.41, 5.74) is 0. The summed E-state index contributed by atoms with van der Waals surface area (Å²) in [6, 6.07) is 2.49. The predicted octanol–water partition coefficient (Wildman–Crippen LogP) is 2.16. The number of ether oxygens (including phenoxy) is 1. The summed E-state index contributed by atoms with van der Waals surface area (Å²) in [7, 11) is 1.61. The lowest BCUT2D eigenvalue weighted by atomic mass is 10.0.